The summed E-state index contributed by atoms with van der Waals surface area (Å²) in [6, 6.07) is 16.1. The predicted octanol–water partition coefficient (Wildman–Crippen LogP) is 3.52. The number of amides is 2. The Balaban J connectivity index is 1.68. The second-order valence-corrected chi connectivity index (χ2v) is 5.83. The van der Waals surface area contributed by atoms with Gasteiger partial charge in [-0.2, -0.15) is 0 Å². The molecule has 0 radical (unpaired) electrons. The van der Waals surface area contributed by atoms with Gasteiger partial charge in [0.2, 0.25) is 0 Å². The number of methoxy groups -OCH3 is 1. The van der Waals surface area contributed by atoms with Crippen molar-refractivity contribution in [2.24, 2.45) is 0 Å². The summed E-state index contributed by atoms with van der Waals surface area (Å²) in [6.07, 6.45) is 0.857. The molecule has 4 heteroatoms. The number of hydrogen-bond donors (Lipinski definition) is 1. The Labute approximate surface area is 137 Å². The first-order valence-electron chi connectivity index (χ1n) is 7.94. The topological polar surface area (TPSA) is 41.6 Å². The molecule has 4 nitrogen and oxygen atoms in total. The summed E-state index contributed by atoms with van der Waals surface area (Å²) in [5.74, 6) is 0.873. The van der Waals surface area contributed by atoms with Gasteiger partial charge in [-0.1, -0.05) is 36.4 Å². The second-order valence-electron chi connectivity index (χ2n) is 5.83. The maximum absolute atomic E-state index is 12.5. The number of hydrogen-bond acceptors (Lipinski definition) is 2. The standard InChI is InChI=1S/C19H22N2O2/c1-14-18-9-8-17(23-2)12-16(18)10-11-21(14)19(22)20-13-15-6-4-3-5-7-15/h3-9,12,14H,10-11,13H2,1-2H3,(H,20,22). The number of carbonyl (C=O) groups is 1. The summed E-state index contributed by atoms with van der Waals surface area (Å²) in [6.45, 7) is 3.35. The van der Waals surface area contributed by atoms with E-state index in [2.05, 4.69) is 24.4 Å². The lowest BCUT2D eigenvalue weighted by atomic mass is 9.93. The second kappa shape index (κ2) is 6.73. The number of nitrogens with zero attached hydrogens (tertiary/aromatic N) is 1. The quantitative estimate of drug-likeness (QED) is 0.942. The molecule has 0 aromatic heterocycles. The number of benzene rings is 2. The molecule has 120 valence electrons. The van der Waals surface area contributed by atoms with Crippen LogP contribution in [0.4, 0.5) is 4.79 Å². The number of fused-ring (bicyclic) bond motifs is 1. The molecule has 1 aliphatic rings. The van der Waals surface area contributed by atoms with Crippen molar-refractivity contribution in [2.75, 3.05) is 13.7 Å². The van der Waals surface area contributed by atoms with Crippen LogP contribution in [0.25, 0.3) is 0 Å². The average Bonchev–Trinajstić information content (AvgIpc) is 2.60. The third kappa shape index (κ3) is 3.31. The van der Waals surface area contributed by atoms with Gasteiger partial charge in [-0.05, 0) is 42.2 Å². The van der Waals surface area contributed by atoms with E-state index in [0.29, 0.717) is 6.54 Å². The van der Waals surface area contributed by atoms with E-state index >= 15 is 0 Å². The van der Waals surface area contributed by atoms with E-state index in [1.807, 2.05) is 41.3 Å². The smallest absolute Gasteiger partial charge is 0.318 e. The third-order valence-electron chi connectivity index (χ3n) is 4.44. The highest BCUT2D eigenvalue weighted by Gasteiger charge is 2.27. The number of ether oxygens (including phenoxy) is 1. The first-order chi connectivity index (χ1) is 11.2. The van der Waals surface area contributed by atoms with Crippen LogP contribution >= 0.6 is 0 Å². The molecule has 0 bridgehead atoms. The summed E-state index contributed by atoms with van der Waals surface area (Å²) in [5, 5.41) is 3.01. The van der Waals surface area contributed by atoms with Crippen molar-refractivity contribution in [1.29, 1.82) is 0 Å². The van der Waals surface area contributed by atoms with Crippen molar-refractivity contribution < 1.29 is 9.53 Å². The first-order valence-corrected chi connectivity index (χ1v) is 7.94. The lowest BCUT2D eigenvalue weighted by Gasteiger charge is -2.35. The number of urea groups is 1. The predicted molar refractivity (Wildman–Crippen MR) is 90.5 cm³/mol. The summed E-state index contributed by atoms with van der Waals surface area (Å²) >= 11 is 0. The van der Waals surface area contributed by atoms with Crippen LogP contribution in [0.5, 0.6) is 5.75 Å². The highest BCUT2D eigenvalue weighted by molar-refractivity contribution is 5.75. The molecule has 1 heterocycles. The fourth-order valence-electron chi connectivity index (χ4n) is 3.09. The van der Waals surface area contributed by atoms with Crippen molar-refractivity contribution in [2.45, 2.75) is 25.9 Å². The van der Waals surface area contributed by atoms with E-state index in [1.54, 1.807) is 7.11 Å². The van der Waals surface area contributed by atoms with Crippen molar-refractivity contribution in [3.8, 4) is 5.75 Å². The molecule has 2 amide bonds. The van der Waals surface area contributed by atoms with Crippen molar-refractivity contribution in [1.82, 2.24) is 10.2 Å². The number of carbonyl (C=O) groups excluding carboxylic acids is 1. The van der Waals surface area contributed by atoms with E-state index in [-0.39, 0.29) is 12.1 Å². The van der Waals surface area contributed by atoms with Crippen LogP contribution in [-0.4, -0.2) is 24.6 Å². The highest BCUT2D eigenvalue weighted by Crippen LogP contribution is 2.31. The van der Waals surface area contributed by atoms with Gasteiger partial charge in [0.05, 0.1) is 13.2 Å². The molecule has 0 fully saturated rings. The first kappa shape index (κ1) is 15.4. The van der Waals surface area contributed by atoms with Crippen molar-refractivity contribution in [3.05, 3.63) is 65.2 Å². The monoisotopic (exact) mass is 310 g/mol. The van der Waals surface area contributed by atoms with Crippen LogP contribution in [0.15, 0.2) is 48.5 Å². The lowest BCUT2D eigenvalue weighted by molar-refractivity contribution is 0.174. The molecule has 1 aliphatic heterocycles. The largest absolute Gasteiger partial charge is 0.497 e. The fraction of sp³-hybridized carbons (Fsp3) is 0.316. The van der Waals surface area contributed by atoms with E-state index in [1.165, 1.54) is 11.1 Å². The normalized spacial score (nSPS) is 16.6. The van der Waals surface area contributed by atoms with Crippen molar-refractivity contribution >= 4 is 6.03 Å². The molecular formula is C19H22N2O2. The third-order valence-corrected chi connectivity index (χ3v) is 4.44. The zero-order valence-corrected chi connectivity index (χ0v) is 13.6. The van der Waals surface area contributed by atoms with E-state index in [0.717, 1.165) is 24.3 Å². The Morgan fingerprint density at radius 2 is 2.04 bits per heavy atom. The van der Waals surface area contributed by atoms with Gasteiger partial charge >= 0.3 is 6.03 Å². The summed E-state index contributed by atoms with van der Waals surface area (Å²) in [7, 11) is 1.68. The molecule has 0 saturated carbocycles. The summed E-state index contributed by atoms with van der Waals surface area (Å²) < 4.78 is 5.28. The Kier molecular flexibility index (Phi) is 4.51. The summed E-state index contributed by atoms with van der Waals surface area (Å²) in [4.78, 5) is 14.4. The molecular weight excluding hydrogens is 288 g/mol. The van der Waals surface area contributed by atoms with Gasteiger partial charge in [-0.3, -0.25) is 0 Å². The molecule has 1 N–H and O–H groups in total. The molecule has 1 atom stereocenters. The van der Waals surface area contributed by atoms with Crippen LogP contribution in [0, 0.1) is 0 Å². The Morgan fingerprint density at radius 3 is 2.78 bits per heavy atom. The van der Waals surface area contributed by atoms with Crippen LogP contribution in [0.3, 0.4) is 0 Å². The lowest BCUT2D eigenvalue weighted by Crippen LogP contribution is -2.44. The fourth-order valence-corrected chi connectivity index (χ4v) is 3.09. The zero-order valence-electron chi connectivity index (χ0n) is 13.6. The Hall–Kier alpha value is -2.49. The zero-order chi connectivity index (χ0) is 16.2. The van der Waals surface area contributed by atoms with Gasteiger partial charge in [-0.25, -0.2) is 4.79 Å². The maximum Gasteiger partial charge on any atom is 0.318 e. The van der Waals surface area contributed by atoms with Crippen LogP contribution in [-0.2, 0) is 13.0 Å². The highest BCUT2D eigenvalue weighted by atomic mass is 16.5. The molecule has 0 saturated heterocycles. The maximum atomic E-state index is 12.5. The minimum Gasteiger partial charge on any atom is -0.497 e. The van der Waals surface area contributed by atoms with Crippen molar-refractivity contribution in [3.63, 3.8) is 0 Å². The van der Waals surface area contributed by atoms with Gasteiger partial charge in [0.25, 0.3) is 0 Å². The SMILES string of the molecule is COc1ccc2c(c1)CCN(C(=O)NCc1ccccc1)C2C. The number of rotatable bonds is 3. The van der Waals surface area contributed by atoms with Gasteiger partial charge in [0, 0.05) is 13.1 Å². The molecule has 2 aromatic rings. The molecule has 0 aliphatic carbocycles. The molecule has 23 heavy (non-hydrogen) atoms. The summed E-state index contributed by atoms with van der Waals surface area (Å²) in [5.41, 5.74) is 3.58. The average molecular weight is 310 g/mol. The molecule has 3 rings (SSSR count). The minimum absolute atomic E-state index is 0.0113. The molecule has 2 aromatic carbocycles. The molecule has 1 unspecified atom stereocenters. The van der Waals surface area contributed by atoms with Gasteiger partial charge in [0.15, 0.2) is 0 Å². The number of nitrogens with one attached hydrogen (secondary N) is 1. The van der Waals surface area contributed by atoms with Gasteiger partial charge in [0.1, 0.15) is 5.75 Å². The Bertz CT molecular complexity index is 685. The van der Waals surface area contributed by atoms with Crippen LogP contribution in [0.1, 0.15) is 29.7 Å². The van der Waals surface area contributed by atoms with Crippen LogP contribution in [0.2, 0.25) is 0 Å². The van der Waals surface area contributed by atoms with Gasteiger partial charge < -0.3 is 15.0 Å². The van der Waals surface area contributed by atoms with E-state index < -0.39 is 0 Å². The van der Waals surface area contributed by atoms with Crippen LogP contribution < -0.4 is 10.1 Å². The minimum atomic E-state index is -0.0113. The Morgan fingerprint density at radius 1 is 1.26 bits per heavy atom. The van der Waals surface area contributed by atoms with E-state index in [4.69, 9.17) is 4.74 Å². The van der Waals surface area contributed by atoms with E-state index in [9.17, 15) is 4.79 Å². The van der Waals surface area contributed by atoms with Gasteiger partial charge in [-0.15, -0.1) is 0 Å². The molecule has 0 spiro atoms.